The number of hydrogen-bond donors (Lipinski definition) is 1. The van der Waals surface area contributed by atoms with Crippen molar-refractivity contribution in [3.63, 3.8) is 0 Å². The van der Waals surface area contributed by atoms with E-state index in [-0.39, 0.29) is 18.1 Å². The molecule has 0 bridgehead atoms. The zero-order chi connectivity index (χ0) is 17.7. The summed E-state index contributed by atoms with van der Waals surface area (Å²) in [6.45, 7) is 1.94. The second-order valence-corrected chi connectivity index (χ2v) is 8.24. The Kier molecular flexibility index (Phi) is 3.57. The summed E-state index contributed by atoms with van der Waals surface area (Å²) in [5.74, 6) is 0.240. The Bertz CT molecular complexity index is 844. The molecule has 0 atom stereocenters. The van der Waals surface area contributed by atoms with E-state index < -0.39 is 5.97 Å². The van der Waals surface area contributed by atoms with Crippen molar-refractivity contribution in [3.05, 3.63) is 64.7 Å². The van der Waals surface area contributed by atoms with E-state index in [1.54, 1.807) is 0 Å². The van der Waals surface area contributed by atoms with E-state index in [2.05, 4.69) is 42.5 Å². The minimum absolute atomic E-state index is 0.161. The van der Waals surface area contributed by atoms with E-state index >= 15 is 0 Å². The summed E-state index contributed by atoms with van der Waals surface area (Å²) in [6.07, 6.45) is 4.31. The van der Waals surface area contributed by atoms with E-state index in [0.717, 1.165) is 44.5 Å². The molecule has 4 nitrogen and oxygen atoms in total. The lowest BCUT2D eigenvalue weighted by Crippen LogP contribution is -2.58. The number of carboxylic acid groups (broad SMARTS) is 1. The van der Waals surface area contributed by atoms with Gasteiger partial charge >= 0.3 is 5.97 Å². The normalized spacial score (nSPS) is 20.6. The number of hydrogen-bond acceptors (Lipinski definition) is 3. The Morgan fingerprint density at radius 2 is 1.73 bits per heavy atom. The van der Waals surface area contributed by atoms with Gasteiger partial charge in [-0.1, -0.05) is 30.3 Å². The van der Waals surface area contributed by atoms with Gasteiger partial charge in [-0.3, -0.25) is 9.69 Å². The van der Waals surface area contributed by atoms with Crippen molar-refractivity contribution >= 4 is 5.97 Å². The SMILES string of the molecule is O=C(O)CN1CC2(Cc3ccc(OC4Cc5ccccc5C4)cc3C2)C1. The van der Waals surface area contributed by atoms with Gasteiger partial charge in [-0.05, 0) is 47.2 Å². The fraction of sp³-hybridized carbons (Fsp3) is 0.409. The second kappa shape index (κ2) is 5.85. The number of aliphatic carboxylic acids is 1. The van der Waals surface area contributed by atoms with Crippen molar-refractivity contribution in [1.29, 1.82) is 0 Å². The van der Waals surface area contributed by atoms with Gasteiger partial charge in [-0.15, -0.1) is 0 Å². The highest BCUT2D eigenvalue weighted by molar-refractivity contribution is 5.69. The van der Waals surface area contributed by atoms with Gasteiger partial charge in [0.15, 0.2) is 0 Å². The molecule has 0 aromatic heterocycles. The van der Waals surface area contributed by atoms with Crippen LogP contribution in [0.3, 0.4) is 0 Å². The predicted octanol–water partition coefficient (Wildman–Crippen LogP) is 2.72. The van der Waals surface area contributed by atoms with Crippen LogP contribution in [0.15, 0.2) is 42.5 Å². The Balaban J connectivity index is 1.24. The van der Waals surface area contributed by atoms with Crippen LogP contribution in [-0.4, -0.2) is 41.7 Å². The smallest absolute Gasteiger partial charge is 0.317 e. The van der Waals surface area contributed by atoms with Crippen LogP contribution in [0.2, 0.25) is 0 Å². The molecular weight excluding hydrogens is 326 g/mol. The highest BCUT2D eigenvalue weighted by Gasteiger charge is 2.47. The molecule has 0 saturated carbocycles. The van der Waals surface area contributed by atoms with Crippen molar-refractivity contribution in [2.24, 2.45) is 5.41 Å². The number of rotatable bonds is 4. The number of nitrogens with zero attached hydrogens (tertiary/aromatic N) is 1. The molecule has 26 heavy (non-hydrogen) atoms. The lowest BCUT2D eigenvalue weighted by Gasteiger charge is -2.47. The summed E-state index contributed by atoms with van der Waals surface area (Å²) in [5.41, 5.74) is 5.85. The zero-order valence-electron chi connectivity index (χ0n) is 14.8. The molecule has 2 aromatic carbocycles. The molecule has 3 aliphatic rings. The molecule has 134 valence electrons. The first-order valence-electron chi connectivity index (χ1n) is 9.38. The maximum Gasteiger partial charge on any atom is 0.317 e. The summed E-state index contributed by atoms with van der Waals surface area (Å²) < 4.78 is 6.29. The van der Waals surface area contributed by atoms with Gasteiger partial charge in [0.25, 0.3) is 0 Å². The lowest BCUT2D eigenvalue weighted by molar-refractivity contribution is -0.141. The van der Waals surface area contributed by atoms with Crippen LogP contribution in [0.5, 0.6) is 5.75 Å². The number of benzene rings is 2. The molecule has 0 radical (unpaired) electrons. The zero-order valence-corrected chi connectivity index (χ0v) is 14.8. The minimum atomic E-state index is -0.733. The van der Waals surface area contributed by atoms with Crippen LogP contribution in [0.25, 0.3) is 0 Å². The molecule has 1 spiro atoms. The maximum absolute atomic E-state index is 10.9. The first-order valence-corrected chi connectivity index (χ1v) is 9.38. The van der Waals surface area contributed by atoms with Crippen LogP contribution in [0.1, 0.15) is 22.3 Å². The van der Waals surface area contributed by atoms with Gasteiger partial charge in [0, 0.05) is 31.3 Å². The average Bonchev–Trinajstić information content (AvgIpc) is 3.14. The Morgan fingerprint density at radius 3 is 2.42 bits per heavy atom. The fourth-order valence-corrected chi connectivity index (χ4v) is 5.11. The van der Waals surface area contributed by atoms with E-state index in [1.165, 1.54) is 22.3 Å². The lowest BCUT2D eigenvalue weighted by atomic mass is 9.77. The highest BCUT2D eigenvalue weighted by Crippen LogP contribution is 2.44. The van der Waals surface area contributed by atoms with Gasteiger partial charge in [-0.25, -0.2) is 0 Å². The standard InChI is InChI=1S/C22H23NO3/c24-21(25)12-23-13-22(14-23)10-17-5-6-19(9-18(17)11-22)26-20-7-15-3-1-2-4-16(15)8-20/h1-6,9,20H,7-8,10-14H2,(H,24,25). The molecule has 5 rings (SSSR count). The van der Waals surface area contributed by atoms with Gasteiger partial charge in [0.05, 0.1) is 6.54 Å². The highest BCUT2D eigenvalue weighted by atomic mass is 16.5. The van der Waals surface area contributed by atoms with E-state index in [4.69, 9.17) is 9.84 Å². The van der Waals surface area contributed by atoms with Crippen LogP contribution in [0.4, 0.5) is 0 Å². The topological polar surface area (TPSA) is 49.8 Å². The Labute approximate surface area is 153 Å². The van der Waals surface area contributed by atoms with Crippen molar-refractivity contribution < 1.29 is 14.6 Å². The summed E-state index contributed by atoms with van der Waals surface area (Å²) in [5, 5.41) is 8.93. The number of likely N-dealkylation sites (tertiary alicyclic amines) is 1. The third-order valence-electron chi connectivity index (χ3n) is 6.10. The number of fused-ring (bicyclic) bond motifs is 2. The second-order valence-electron chi connectivity index (χ2n) is 8.24. The van der Waals surface area contributed by atoms with E-state index in [1.807, 2.05) is 4.90 Å². The Hall–Kier alpha value is -2.33. The van der Waals surface area contributed by atoms with E-state index in [0.29, 0.717) is 0 Å². The van der Waals surface area contributed by atoms with Crippen molar-refractivity contribution in [3.8, 4) is 5.75 Å². The molecule has 1 aliphatic heterocycles. The number of ether oxygens (including phenoxy) is 1. The molecule has 1 saturated heterocycles. The van der Waals surface area contributed by atoms with Crippen LogP contribution < -0.4 is 4.74 Å². The van der Waals surface area contributed by atoms with Gasteiger partial charge < -0.3 is 9.84 Å². The number of carboxylic acids is 1. The maximum atomic E-state index is 10.9. The van der Waals surface area contributed by atoms with Crippen molar-refractivity contribution in [1.82, 2.24) is 4.90 Å². The summed E-state index contributed by atoms with van der Waals surface area (Å²) >= 11 is 0. The predicted molar refractivity (Wildman–Crippen MR) is 98.6 cm³/mol. The largest absolute Gasteiger partial charge is 0.490 e. The molecule has 1 heterocycles. The first kappa shape index (κ1) is 15.9. The first-order chi connectivity index (χ1) is 12.6. The van der Waals surface area contributed by atoms with Gasteiger partial charge in [0.2, 0.25) is 0 Å². The average molecular weight is 349 g/mol. The molecule has 1 N–H and O–H groups in total. The van der Waals surface area contributed by atoms with Crippen LogP contribution in [-0.2, 0) is 30.5 Å². The molecule has 2 aromatic rings. The Morgan fingerprint density at radius 1 is 1.04 bits per heavy atom. The quantitative estimate of drug-likeness (QED) is 0.922. The summed E-state index contributed by atoms with van der Waals surface area (Å²) in [6, 6.07) is 15.1. The fourth-order valence-electron chi connectivity index (χ4n) is 5.11. The molecule has 0 unspecified atom stereocenters. The molecular formula is C22H23NO3. The van der Waals surface area contributed by atoms with Gasteiger partial charge in [-0.2, -0.15) is 0 Å². The molecule has 2 aliphatic carbocycles. The molecule has 1 fully saturated rings. The van der Waals surface area contributed by atoms with Crippen LogP contribution in [0, 0.1) is 5.41 Å². The third kappa shape index (κ3) is 2.78. The molecule has 0 amide bonds. The summed E-state index contributed by atoms with van der Waals surface area (Å²) in [7, 11) is 0. The van der Waals surface area contributed by atoms with Crippen molar-refractivity contribution in [2.45, 2.75) is 31.8 Å². The summed E-state index contributed by atoms with van der Waals surface area (Å²) in [4.78, 5) is 12.9. The third-order valence-corrected chi connectivity index (χ3v) is 6.10. The monoisotopic (exact) mass is 349 g/mol. The van der Waals surface area contributed by atoms with Crippen molar-refractivity contribution in [2.75, 3.05) is 19.6 Å². The van der Waals surface area contributed by atoms with Crippen LogP contribution >= 0.6 is 0 Å². The number of carbonyl (C=O) groups is 1. The molecule has 4 heteroatoms. The van der Waals surface area contributed by atoms with Gasteiger partial charge in [0.1, 0.15) is 11.9 Å². The van der Waals surface area contributed by atoms with E-state index in [9.17, 15) is 4.79 Å². The minimum Gasteiger partial charge on any atom is -0.490 e.